The number of hydrogen-bond donors (Lipinski definition) is 6. The fourth-order valence-electron chi connectivity index (χ4n) is 0. The van der Waals surface area contributed by atoms with Gasteiger partial charge in [0, 0.05) is 41.8 Å². The molecule has 0 atom stereocenters. The van der Waals surface area contributed by atoms with E-state index in [2.05, 4.69) is 0 Å². The Morgan fingerprint density at radius 1 is 0.696 bits per heavy atom. The minimum atomic E-state index is -4.64. The number of carboxylic acid groups (broad SMARTS) is 3. The molecule has 0 fully saturated rings. The highest BCUT2D eigenvalue weighted by Gasteiger charge is 2.00. The van der Waals surface area contributed by atoms with E-state index in [0.717, 1.165) is 20.8 Å². The minimum absolute atomic E-state index is 0.0926. The maximum atomic E-state index is 10.1. The van der Waals surface area contributed by atoms with Crippen LogP contribution < -0.4 is 0 Å². The molecule has 0 saturated carbocycles. The monoisotopic (exact) mass is 365 g/mol. The number of carbonyl (C=O) groups is 4. The zero-order valence-electron chi connectivity index (χ0n) is 13.6. The predicted molar refractivity (Wildman–Crippen MR) is 78.6 cm³/mol. The van der Waals surface area contributed by atoms with Crippen molar-refractivity contribution in [3.63, 3.8) is 0 Å². The summed E-state index contributed by atoms with van der Waals surface area (Å²) < 4.78 is 8.88. The van der Waals surface area contributed by atoms with Crippen molar-refractivity contribution in [2.45, 2.75) is 27.7 Å². The average Bonchev–Trinajstić information content (AvgIpc) is 2.10. The van der Waals surface area contributed by atoms with Crippen molar-refractivity contribution in [2.24, 2.45) is 0 Å². The second-order valence-corrected chi connectivity index (χ2v) is 4.51. The van der Waals surface area contributed by atoms with E-state index in [9.17, 15) is 4.79 Å². The molecule has 0 aliphatic rings. The molecule has 12 nitrogen and oxygen atoms in total. The topological polar surface area (TPSA) is 210 Å². The van der Waals surface area contributed by atoms with Crippen molar-refractivity contribution in [1.82, 2.24) is 4.90 Å². The van der Waals surface area contributed by atoms with Crippen LogP contribution in [0.1, 0.15) is 27.7 Å². The summed E-state index contributed by atoms with van der Waals surface area (Å²) in [5.41, 5.74) is 0. The van der Waals surface area contributed by atoms with Crippen molar-refractivity contribution in [3.05, 3.63) is 0 Å². The number of hydrogen-bond acceptors (Lipinski definition) is 5. The highest BCUT2D eigenvalue weighted by atomic mass is 31.2. The van der Waals surface area contributed by atoms with Crippen LogP contribution in [0.3, 0.4) is 0 Å². The van der Waals surface area contributed by atoms with Gasteiger partial charge in [-0.05, 0) is 0 Å². The lowest BCUT2D eigenvalue weighted by Crippen LogP contribution is -2.17. The summed E-state index contributed by atoms with van der Waals surface area (Å²) in [5, 5.41) is 22.2. The van der Waals surface area contributed by atoms with Gasteiger partial charge in [-0.3, -0.25) is 19.2 Å². The molecule has 0 spiro atoms. The Kier molecular flexibility index (Phi) is 28.5. The van der Waals surface area contributed by atoms with Gasteiger partial charge in [0.15, 0.2) is 0 Å². The molecular weight excluding hydrogens is 341 g/mol. The lowest BCUT2D eigenvalue weighted by Gasteiger charge is -2.02. The third kappa shape index (κ3) is 1630. The second-order valence-electron chi connectivity index (χ2n) is 3.48. The Hall–Kier alpha value is -2.01. The van der Waals surface area contributed by atoms with E-state index >= 15 is 0 Å². The summed E-state index contributed by atoms with van der Waals surface area (Å²) in [6, 6.07) is 0. The molecule has 140 valence electrons. The summed E-state index contributed by atoms with van der Waals surface area (Å²) in [4.78, 5) is 60.2. The largest absolute Gasteiger partial charge is 0.481 e. The van der Waals surface area contributed by atoms with Gasteiger partial charge in [-0.25, -0.2) is 4.57 Å². The second kappa shape index (κ2) is 20.0. The zero-order chi connectivity index (χ0) is 20.4. The Balaban J connectivity index is -0.0000000594. The summed E-state index contributed by atoms with van der Waals surface area (Å²) in [7, 11) is -1.19. The van der Waals surface area contributed by atoms with E-state index in [-0.39, 0.29) is 5.91 Å². The summed E-state index contributed by atoms with van der Waals surface area (Å²) in [6.07, 6.45) is 0. The molecule has 0 rings (SSSR count). The first-order valence-corrected chi connectivity index (χ1v) is 6.95. The fraction of sp³-hybridized carbons (Fsp3) is 0.600. The summed E-state index contributed by atoms with van der Waals surface area (Å²) >= 11 is 0. The molecule has 0 aliphatic carbocycles. The van der Waals surface area contributed by atoms with Crippen LogP contribution >= 0.6 is 7.82 Å². The molecule has 0 aromatic carbocycles. The van der Waals surface area contributed by atoms with Crippen molar-refractivity contribution < 1.29 is 53.7 Å². The molecule has 0 saturated heterocycles. The Bertz CT molecular complexity index is 339. The first-order chi connectivity index (χ1) is 9.84. The first kappa shape index (κ1) is 32.8. The van der Waals surface area contributed by atoms with E-state index in [1.807, 2.05) is 0 Å². The van der Waals surface area contributed by atoms with Crippen molar-refractivity contribution in [3.8, 4) is 0 Å². The number of carboxylic acids is 3. The molecule has 23 heavy (non-hydrogen) atoms. The van der Waals surface area contributed by atoms with Gasteiger partial charge in [-0.1, -0.05) is 0 Å². The molecule has 0 unspecified atom stereocenters. The first-order valence-electron chi connectivity index (χ1n) is 5.39. The number of amides is 1. The van der Waals surface area contributed by atoms with Crippen LogP contribution in [0, 0.1) is 0 Å². The van der Waals surface area contributed by atoms with E-state index in [1.54, 1.807) is 14.1 Å². The highest BCUT2D eigenvalue weighted by Crippen LogP contribution is 2.25. The maximum absolute atomic E-state index is 10.1. The summed E-state index contributed by atoms with van der Waals surface area (Å²) in [6.45, 7) is 4.78. The predicted octanol–water partition coefficient (Wildman–Crippen LogP) is -0.561. The molecule has 0 aromatic rings. The molecule has 1 amide bonds. The quantitative estimate of drug-likeness (QED) is 0.299. The van der Waals surface area contributed by atoms with Gasteiger partial charge >= 0.3 is 7.82 Å². The standard InChI is InChI=1S/C4H9NO.3C2H4O2.H3O4P/c1-4(6)5(2)3;3*1-2(3)4;1-5(2,3)4/h1-3H3;3*1H3,(H,3,4);(H3,1,2,3,4). The Labute approximate surface area is 133 Å². The number of phosphoric acid groups is 1. The van der Waals surface area contributed by atoms with Gasteiger partial charge < -0.3 is 34.9 Å². The maximum Gasteiger partial charge on any atom is 0.466 e. The fourth-order valence-corrected chi connectivity index (χ4v) is 0. The highest BCUT2D eigenvalue weighted by molar-refractivity contribution is 7.45. The van der Waals surface area contributed by atoms with Crippen molar-refractivity contribution >= 4 is 31.6 Å². The molecular formula is C10H24NO11P. The van der Waals surface area contributed by atoms with E-state index in [0.29, 0.717) is 0 Å². The lowest BCUT2D eigenvalue weighted by atomic mass is 10.7. The molecule has 0 aromatic heterocycles. The van der Waals surface area contributed by atoms with Crippen LogP contribution in [0.2, 0.25) is 0 Å². The average molecular weight is 365 g/mol. The van der Waals surface area contributed by atoms with E-state index in [4.69, 9.17) is 48.9 Å². The van der Waals surface area contributed by atoms with Crippen LogP contribution in [0.5, 0.6) is 0 Å². The number of rotatable bonds is 0. The van der Waals surface area contributed by atoms with Crippen molar-refractivity contribution in [1.29, 1.82) is 0 Å². The van der Waals surface area contributed by atoms with Gasteiger partial charge in [0.25, 0.3) is 17.9 Å². The SMILES string of the molecule is CC(=O)N(C)C.CC(=O)O.CC(=O)O.CC(=O)O.O=P(O)(O)O. The number of carbonyl (C=O) groups excluding carboxylic acids is 1. The van der Waals surface area contributed by atoms with Crippen LogP contribution in [0.4, 0.5) is 0 Å². The van der Waals surface area contributed by atoms with E-state index in [1.165, 1.54) is 11.8 Å². The molecule has 0 bridgehead atoms. The zero-order valence-corrected chi connectivity index (χ0v) is 14.5. The van der Waals surface area contributed by atoms with Crippen LogP contribution in [0.25, 0.3) is 0 Å². The third-order valence-corrected chi connectivity index (χ3v) is 0.630. The van der Waals surface area contributed by atoms with Crippen LogP contribution in [-0.4, -0.2) is 72.8 Å². The molecule has 0 heterocycles. The van der Waals surface area contributed by atoms with Crippen molar-refractivity contribution in [2.75, 3.05) is 14.1 Å². The van der Waals surface area contributed by atoms with Crippen LogP contribution in [-0.2, 0) is 23.7 Å². The normalized spacial score (nSPS) is 7.87. The molecule has 6 N–H and O–H groups in total. The minimum Gasteiger partial charge on any atom is -0.481 e. The summed E-state index contributed by atoms with van der Waals surface area (Å²) in [5.74, 6) is -2.41. The van der Waals surface area contributed by atoms with Gasteiger partial charge in [0.05, 0.1) is 0 Å². The van der Waals surface area contributed by atoms with Gasteiger partial charge in [-0.2, -0.15) is 0 Å². The third-order valence-electron chi connectivity index (χ3n) is 0.630. The van der Waals surface area contributed by atoms with Gasteiger partial charge in [0.2, 0.25) is 5.91 Å². The van der Waals surface area contributed by atoms with E-state index < -0.39 is 25.7 Å². The van der Waals surface area contributed by atoms with Gasteiger partial charge in [-0.15, -0.1) is 0 Å². The molecule has 0 radical (unpaired) electrons. The Morgan fingerprint density at radius 2 is 0.739 bits per heavy atom. The van der Waals surface area contributed by atoms with Crippen LogP contribution in [0.15, 0.2) is 0 Å². The molecule has 0 aliphatic heterocycles. The molecule has 13 heteroatoms. The Morgan fingerprint density at radius 3 is 0.739 bits per heavy atom. The smallest absolute Gasteiger partial charge is 0.466 e. The lowest BCUT2D eigenvalue weighted by molar-refractivity contribution is -0.135. The van der Waals surface area contributed by atoms with Gasteiger partial charge in [0.1, 0.15) is 0 Å². The number of nitrogens with zero attached hydrogens (tertiary/aromatic N) is 1. The number of aliphatic carboxylic acids is 3.